The van der Waals surface area contributed by atoms with Crippen LogP contribution in [0.15, 0.2) is 105 Å². The Morgan fingerprint density at radius 1 is 0.487 bits per heavy atom. The minimum atomic E-state index is -2.30. The summed E-state index contributed by atoms with van der Waals surface area (Å²) in [6, 6.07) is 32.6. The second-order valence-corrected chi connectivity index (χ2v) is 26.8. The molecule has 7 aromatic rings. The third kappa shape index (κ3) is 15.9. The molecule has 432 valence electrons. The number of aliphatic hydroxyl groups is 2. The summed E-state index contributed by atoms with van der Waals surface area (Å²) in [5, 5.41) is 22.9. The van der Waals surface area contributed by atoms with Crippen molar-refractivity contribution in [1.82, 2.24) is 0 Å². The van der Waals surface area contributed by atoms with E-state index in [1.165, 1.54) is 49.7 Å². The molecule has 6 aromatic carbocycles. The molecule has 10 nitrogen and oxygen atoms in total. The van der Waals surface area contributed by atoms with Crippen molar-refractivity contribution in [3.8, 4) is 45.6 Å². The number of aliphatic hydroxyl groups excluding tert-OH is 2. The Morgan fingerprint density at radius 2 is 0.925 bits per heavy atom. The molecule has 0 saturated carbocycles. The molecule has 0 spiro atoms. The van der Waals surface area contributed by atoms with Crippen molar-refractivity contribution in [3.63, 3.8) is 0 Å². The highest BCUT2D eigenvalue weighted by molar-refractivity contribution is 7.43. The zero-order valence-electron chi connectivity index (χ0n) is 50.6. The molecular weight excluding hydrogens is 1040 g/mol. The predicted molar refractivity (Wildman–Crippen MR) is 331 cm³/mol. The van der Waals surface area contributed by atoms with E-state index in [1.807, 2.05) is 72.8 Å². The highest BCUT2D eigenvalue weighted by Gasteiger charge is 2.33. The Kier molecular flexibility index (Phi) is 21.2. The summed E-state index contributed by atoms with van der Waals surface area (Å²) >= 11 is 0. The molecule has 0 aliphatic rings. The quantitative estimate of drug-likeness (QED) is 0.0423. The normalized spacial score (nSPS) is 12.2. The molecule has 12 heteroatoms. The van der Waals surface area contributed by atoms with Crippen molar-refractivity contribution >= 4 is 38.8 Å². The first-order chi connectivity index (χ1) is 38.1. The Morgan fingerprint density at radius 3 is 1.32 bits per heavy atom. The van der Waals surface area contributed by atoms with E-state index in [4.69, 9.17) is 36.0 Å². The van der Waals surface area contributed by atoms with E-state index in [0.29, 0.717) is 63.2 Å². The van der Waals surface area contributed by atoms with Gasteiger partial charge in [-0.3, -0.25) is 0 Å². The van der Waals surface area contributed by atoms with Gasteiger partial charge in [0.05, 0.1) is 27.4 Å². The molecule has 0 fully saturated rings. The maximum atomic E-state index is 10.7. The van der Waals surface area contributed by atoms with Crippen LogP contribution in [0.4, 0.5) is 0 Å². The lowest BCUT2D eigenvalue weighted by Gasteiger charge is -2.28. The fraction of sp³-hybridized carbons (Fsp3) is 0.471. The average molecular weight is 1130 g/mol. The number of aryl methyl sites for hydroxylation is 2. The van der Waals surface area contributed by atoms with Crippen molar-refractivity contribution in [1.29, 1.82) is 0 Å². The lowest BCUT2D eigenvalue weighted by molar-refractivity contribution is 0.281. The van der Waals surface area contributed by atoms with Gasteiger partial charge in [0, 0.05) is 38.6 Å². The van der Waals surface area contributed by atoms with Gasteiger partial charge < -0.3 is 46.2 Å². The molecule has 7 rings (SSSR count). The van der Waals surface area contributed by atoms with Crippen LogP contribution >= 0.6 is 16.8 Å². The highest BCUT2D eigenvalue weighted by atomic mass is 31.2. The first kappa shape index (κ1) is 62.0. The topological polar surface area (TPSA) is 122 Å². The molecule has 0 aliphatic carbocycles. The largest absolute Gasteiger partial charge is 0.530 e. The van der Waals surface area contributed by atoms with Gasteiger partial charge in [0.15, 0.2) is 0 Å². The van der Waals surface area contributed by atoms with E-state index >= 15 is 0 Å². The van der Waals surface area contributed by atoms with Gasteiger partial charge in [0.2, 0.25) is 0 Å². The number of benzene rings is 6. The summed E-state index contributed by atoms with van der Waals surface area (Å²) < 4.78 is 55.4. The summed E-state index contributed by atoms with van der Waals surface area (Å²) in [6.07, 6.45) is 12.2. The van der Waals surface area contributed by atoms with Crippen LogP contribution in [0.5, 0.6) is 34.5 Å². The summed E-state index contributed by atoms with van der Waals surface area (Å²) in [6.45, 7) is 27.7. The first-order valence-corrected chi connectivity index (χ1v) is 31.1. The third-order valence-electron chi connectivity index (χ3n) is 14.5. The van der Waals surface area contributed by atoms with Crippen molar-refractivity contribution in [2.45, 2.75) is 190 Å². The van der Waals surface area contributed by atoms with Crippen LogP contribution < -0.4 is 27.6 Å². The van der Waals surface area contributed by atoms with Crippen LogP contribution in [0.2, 0.25) is 0 Å². The smallest absolute Gasteiger partial charge is 0.497 e. The Hall–Kier alpha value is -5.63. The number of rotatable bonds is 25. The lowest BCUT2D eigenvalue weighted by Crippen LogP contribution is -2.15. The van der Waals surface area contributed by atoms with E-state index in [9.17, 15) is 10.2 Å². The van der Waals surface area contributed by atoms with Crippen molar-refractivity contribution in [2.75, 3.05) is 14.2 Å². The molecule has 0 bridgehead atoms. The molecule has 0 unspecified atom stereocenters. The van der Waals surface area contributed by atoms with Crippen LogP contribution in [0.25, 0.3) is 33.1 Å². The SMILES string of the molecule is CCCCCCc1ccc(OP(Oc2ccc(CCCCCC)cc2)Oc2c(-c3cc(OC)cc(CC(C)C)c3Op3oc4c(C(C)(C)C)cc(CO)cc4c4cc(CO)cc(C(C)(C)C)c4o3)cc(OC)cc2C(C)(C)C)cc1. The minimum absolute atomic E-state index is 0.173. The number of hydrogen-bond acceptors (Lipinski definition) is 10. The second-order valence-electron chi connectivity index (χ2n) is 24.8. The lowest BCUT2D eigenvalue weighted by atomic mass is 9.83. The van der Waals surface area contributed by atoms with Gasteiger partial charge in [-0.1, -0.05) is 153 Å². The van der Waals surface area contributed by atoms with E-state index in [2.05, 4.69) is 114 Å². The number of fused-ring (bicyclic) bond motifs is 3. The molecule has 0 radical (unpaired) electrons. The molecule has 2 N–H and O–H groups in total. The fourth-order valence-electron chi connectivity index (χ4n) is 10.1. The molecular formula is C68H90O10P2. The number of unbranched alkanes of at least 4 members (excludes halogenated alkanes) is 6. The molecule has 0 amide bonds. The predicted octanol–water partition coefficient (Wildman–Crippen LogP) is 19.9. The van der Waals surface area contributed by atoms with Crippen molar-refractivity contribution in [2.24, 2.45) is 5.92 Å². The molecule has 0 atom stereocenters. The molecule has 1 aromatic heterocycles. The zero-order chi connectivity index (χ0) is 57.9. The van der Waals surface area contributed by atoms with Crippen molar-refractivity contribution in [3.05, 3.63) is 142 Å². The Balaban J connectivity index is 1.49. The summed E-state index contributed by atoms with van der Waals surface area (Å²) in [5.74, 6) is 3.75. The van der Waals surface area contributed by atoms with E-state index < -0.39 is 33.1 Å². The first-order valence-electron chi connectivity index (χ1n) is 28.9. The zero-order valence-corrected chi connectivity index (χ0v) is 52.4. The van der Waals surface area contributed by atoms with Gasteiger partial charge in [-0.05, 0) is 155 Å². The fourth-order valence-corrected chi connectivity index (χ4v) is 12.3. The molecule has 80 heavy (non-hydrogen) atoms. The van der Waals surface area contributed by atoms with Crippen LogP contribution in [-0.4, -0.2) is 24.4 Å². The molecule has 0 saturated heterocycles. The monoisotopic (exact) mass is 1130 g/mol. The maximum Gasteiger partial charge on any atom is 0.530 e. The van der Waals surface area contributed by atoms with Gasteiger partial charge in [0.1, 0.15) is 45.7 Å². The Labute approximate surface area is 480 Å². The third-order valence-corrected chi connectivity index (χ3v) is 16.5. The van der Waals surface area contributed by atoms with Crippen molar-refractivity contribution < 1.29 is 46.2 Å². The van der Waals surface area contributed by atoms with Gasteiger partial charge in [-0.25, -0.2) is 0 Å². The standard InChI is InChI=1S/C68H90O10P2/c1-16-18-20-22-24-46-26-30-51(31-27-46)73-79(74-52-32-28-47(29-33-52)25-23-21-19-17-2)76-65-58(41-54(72-15)42-61(65)68(11,12)13)57-40-53(71-14)39-50(34-45(3)4)62(57)75-80-77-63-55(35-48(43-69)37-59(63)66(5,6)7)56-36-49(44-70)38-60(64(56)78-80)67(8,9)10/h26-33,35-42,45,69-70H,16-25,34,43-44H2,1-15H3. The van der Waals surface area contributed by atoms with Crippen LogP contribution in [0.1, 0.15) is 186 Å². The molecule has 1 heterocycles. The maximum absolute atomic E-state index is 10.7. The van der Waals surface area contributed by atoms with Crippen LogP contribution in [0.3, 0.4) is 0 Å². The van der Waals surface area contributed by atoms with E-state index in [0.717, 1.165) is 69.8 Å². The number of hydrogen-bond donors (Lipinski definition) is 2. The highest BCUT2D eigenvalue weighted by Crippen LogP contribution is 2.55. The van der Waals surface area contributed by atoms with Gasteiger partial charge in [0.25, 0.3) is 0 Å². The van der Waals surface area contributed by atoms with E-state index in [-0.39, 0.29) is 19.1 Å². The van der Waals surface area contributed by atoms with Gasteiger partial charge in [-0.2, -0.15) is 0 Å². The summed E-state index contributed by atoms with van der Waals surface area (Å²) in [5.41, 5.74) is 8.62. The second kappa shape index (κ2) is 27.4. The van der Waals surface area contributed by atoms with Crippen LogP contribution in [0, 0.1) is 5.92 Å². The van der Waals surface area contributed by atoms with Crippen LogP contribution in [-0.2, 0) is 48.7 Å². The average Bonchev–Trinajstić information content (AvgIpc) is 3.57. The number of methoxy groups -OCH3 is 2. The van der Waals surface area contributed by atoms with Gasteiger partial charge >= 0.3 is 16.8 Å². The summed E-state index contributed by atoms with van der Waals surface area (Å²) in [4.78, 5) is 0. The number of ether oxygens (including phenoxy) is 2. The van der Waals surface area contributed by atoms with E-state index in [1.54, 1.807) is 14.2 Å². The van der Waals surface area contributed by atoms with Gasteiger partial charge in [-0.15, -0.1) is 0 Å². The minimum Gasteiger partial charge on any atom is -0.497 e. The Bertz CT molecular complexity index is 3050. The summed E-state index contributed by atoms with van der Waals surface area (Å²) in [7, 11) is -1.13. The molecule has 0 aliphatic heterocycles.